The van der Waals surface area contributed by atoms with E-state index in [2.05, 4.69) is 32.7 Å². The Morgan fingerprint density at radius 1 is 1.05 bits per heavy atom. The average Bonchev–Trinajstić information content (AvgIpc) is 2.80. The predicted molar refractivity (Wildman–Crippen MR) is 145 cm³/mol. The molecule has 2 bridgehead atoms. The molecule has 9 atom stereocenters. The smallest absolute Gasteiger partial charge is 0.118 e. The fraction of sp³-hybridized carbons (Fsp3) is 0.867. The van der Waals surface area contributed by atoms with Crippen LogP contribution in [0.1, 0.15) is 93.9 Å². The van der Waals surface area contributed by atoms with Crippen LogP contribution in [0.4, 0.5) is 0 Å². The topological polar surface area (TPSA) is 121 Å². The molecule has 5 rings (SSSR count). The van der Waals surface area contributed by atoms with Gasteiger partial charge in [-0.15, -0.1) is 0 Å². The predicted octanol–water partition coefficient (Wildman–Crippen LogP) is 3.32. The molecule has 38 heavy (non-hydrogen) atoms. The van der Waals surface area contributed by atoms with E-state index in [0.717, 1.165) is 24.8 Å². The summed E-state index contributed by atoms with van der Waals surface area (Å²) in [5.74, 6) is 0.267. The third-order valence-corrected chi connectivity index (χ3v) is 10.3. The van der Waals surface area contributed by atoms with Crippen molar-refractivity contribution in [1.29, 1.82) is 0 Å². The summed E-state index contributed by atoms with van der Waals surface area (Å²) < 4.78 is 6.55. The van der Waals surface area contributed by atoms with Crippen LogP contribution in [0, 0.1) is 11.8 Å². The number of hydrogen-bond acceptors (Lipinski definition) is 8. The second-order valence-electron chi connectivity index (χ2n) is 14.2. The lowest BCUT2D eigenvalue weighted by Gasteiger charge is -2.57. The Balaban J connectivity index is 1.59. The second-order valence-corrected chi connectivity index (χ2v) is 14.2. The minimum atomic E-state index is -1.56. The molecule has 5 aliphatic rings. The van der Waals surface area contributed by atoms with Crippen LogP contribution in [-0.2, 0) is 14.5 Å². The zero-order valence-corrected chi connectivity index (χ0v) is 24.6. The molecule has 5 N–H and O–H groups in total. The van der Waals surface area contributed by atoms with Crippen LogP contribution >= 0.6 is 0 Å². The first-order valence-corrected chi connectivity index (χ1v) is 14.4. The highest BCUT2D eigenvalue weighted by Crippen LogP contribution is 2.50. The molecule has 0 radical (unpaired) electrons. The summed E-state index contributed by atoms with van der Waals surface area (Å²) in [6.45, 7) is 19.7. The fourth-order valence-corrected chi connectivity index (χ4v) is 6.63. The molecule has 0 amide bonds. The molecule has 2 heterocycles. The van der Waals surface area contributed by atoms with Crippen LogP contribution in [0.3, 0.4) is 0 Å². The Kier molecular flexibility index (Phi) is 7.86. The van der Waals surface area contributed by atoms with Gasteiger partial charge in [-0.1, -0.05) is 40.3 Å². The monoisotopic (exact) mass is 537 g/mol. The minimum Gasteiger partial charge on any atom is -0.389 e. The highest BCUT2D eigenvalue weighted by molar-refractivity contribution is 5.26. The van der Waals surface area contributed by atoms with Crippen LogP contribution in [-0.4, -0.2) is 78.8 Å². The number of hydrogen-bond donors (Lipinski definition) is 5. The molecule has 218 valence electrons. The molecule has 8 nitrogen and oxygen atoms in total. The van der Waals surface area contributed by atoms with Gasteiger partial charge in [-0.25, -0.2) is 9.78 Å². The Morgan fingerprint density at radius 3 is 2.24 bits per heavy atom. The molecule has 9 unspecified atom stereocenters. The number of aliphatic hydroxyl groups excluding tert-OH is 1. The largest absolute Gasteiger partial charge is 0.389 e. The third kappa shape index (κ3) is 5.28. The van der Waals surface area contributed by atoms with Crippen LogP contribution in [0.5, 0.6) is 0 Å². The molecule has 4 fully saturated rings. The van der Waals surface area contributed by atoms with Gasteiger partial charge in [-0.3, -0.25) is 0 Å². The van der Waals surface area contributed by atoms with Gasteiger partial charge in [0.05, 0.1) is 23.4 Å². The number of rotatable bonds is 7. The minimum absolute atomic E-state index is 0.00801. The van der Waals surface area contributed by atoms with Crippen LogP contribution in [0.25, 0.3) is 0 Å². The van der Waals surface area contributed by atoms with Gasteiger partial charge >= 0.3 is 0 Å². The summed E-state index contributed by atoms with van der Waals surface area (Å²) in [4.78, 5) is 11.9. The molecule has 3 aliphatic carbocycles. The van der Waals surface area contributed by atoms with Gasteiger partial charge in [0.1, 0.15) is 22.9 Å². The van der Waals surface area contributed by atoms with Gasteiger partial charge in [0.25, 0.3) is 0 Å². The van der Waals surface area contributed by atoms with Crippen LogP contribution in [0.15, 0.2) is 23.8 Å². The van der Waals surface area contributed by atoms with Crippen molar-refractivity contribution in [3.8, 4) is 0 Å². The van der Waals surface area contributed by atoms with E-state index in [4.69, 9.17) is 14.5 Å². The van der Waals surface area contributed by atoms with E-state index in [9.17, 15) is 20.4 Å². The van der Waals surface area contributed by atoms with Crippen molar-refractivity contribution in [2.45, 2.75) is 152 Å². The van der Waals surface area contributed by atoms with Gasteiger partial charge in [0, 0.05) is 24.9 Å². The summed E-state index contributed by atoms with van der Waals surface area (Å²) in [5, 5.41) is 48.1. The van der Waals surface area contributed by atoms with Crippen molar-refractivity contribution < 1.29 is 34.9 Å². The first-order chi connectivity index (χ1) is 17.3. The molecule has 2 aliphatic heterocycles. The lowest BCUT2D eigenvalue weighted by molar-refractivity contribution is -0.477. The van der Waals surface area contributed by atoms with Crippen molar-refractivity contribution in [1.82, 2.24) is 5.32 Å². The van der Waals surface area contributed by atoms with E-state index < -0.39 is 40.7 Å². The lowest BCUT2D eigenvalue weighted by atomic mass is 9.66. The van der Waals surface area contributed by atoms with Crippen LogP contribution in [0.2, 0.25) is 0 Å². The number of fused-ring (bicyclic) bond motifs is 3. The summed E-state index contributed by atoms with van der Waals surface area (Å²) in [6, 6.07) is -0.230. The van der Waals surface area contributed by atoms with E-state index in [1.165, 1.54) is 6.08 Å². The summed E-state index contributed by atoms with van der Waals surface area (Å²) in [7, 11) is 0. The van der Waals surface area contributed by atoms with Gasteiger partial charge in [0.15, 0.2) is 0 Å². The Labute approximate surface area is 228 Å². The van der Waals surface area contributed by atoms with Crippen molar-refractivity contribution in [2.24, 2.45) is 11.8 Å². The molecule has 0 aromatic carbocycles. The molecule has 2 saturated heterocycles. The van der Waals surface area contributed by atoms with Gasteiger partial charge in [0.2, 0.25) is 0 Å². The summed E-state index contributed by atoms with van der Waals surface area (Å²) in [6.07, 6.45) is 2.71. The standard InChI is InChI=1S/C30H51NO7/c1-17(2)29(35)14-21(31-23-16-30(18(3)4)11-10-27(23,8)37-38-30)19(5)22(15-29)36-25-13-20(26(6,7)33)12-24(32)28(25,9)34/h12,17-18,21-25,31-35H,5,10-11,13-16H2,1-4,6-9H3. The van der Waals surface area contributed by atoms with Crippen molar-refractivity contribution in [3.63, 3.8) is 0 Å². The normalized spacial score (nSPS) is 46.1. The maximum atomic E-state index is 11.8. The molecule has 0 aromatic rings. The molecule has 2 saturated carbocycles. The molecule has 8 heteroatoms. The number of ether oxygens (including phenoxy) is 1. The SMILES string of the molecule is C=C1C(NC2CC3(C(C)C)CCC2(C)OO3)CC(O)(C(C)C)CC1OC1CC(C(C)(C)O)=CC(O)C1(C)O. The van der Waals surface area contributed by atoms with Crippen LogP contribution < -0.4 is 5.32 Å². The van der Waals surface area contributed by atoms with Crippen molar-refractivity contribution >= 4 is 0 Å². The van der Waals surface area contributed by atoms with Gasteiger partial charge in [-0.05, 0) is 76.4 Å². The highest BCUT2D eigenvalue weighted by Gasteiger charge is 2.58. The maximum absolute atomic E-state index is 11.8. The summed E-state index contributed by atoms with van der Waals surface area (Å²) in [5.41, 5.74) is -3.13. The average molecular weight is 538 g/mol. The first kappa shape index (κ1) is 30.1. The number of aliphatic hydroxyl groups is 4. The van der Waals surface area contributed by atoms with Crippen molar-refractivity contribution in [2.75, 3.05) is 0 Å². The Bertz CT molecular complexity index is 927. The fourth-order valence-electron chi connectivity index (χ4n) is 6.63. The van der Waals surface area contributed by atoms with E-state index in [1.807, 2.05) is 13.8 Å². The maximum Gasteiger partial charge on any atom is 0.118 e. The second kappa shape index (κ2) is 9.91. The zero-order chi connectivity index (χ0) is 28.5. The van der Waals surface area contributed by atoms with Crippen molar-refractivity contribution in [3.05, 3.63) is 23.8 Å². The first-order valence-electron chi connectivity index (χ1n) is 14.4. The van der Waals surface area contributed by atoms with E-state index in [0.29, 0.717) is 24.3 Å². The third-order valence-electron chi connectivity index (χ3n) is 10.3. The van der Waals surface area contributed by atoms with E-state index >= 15 is 0 Å². The Hall–Kier alpha value is -0.840. The Morgan fingerprint density at radius 2 is 1.71 bits per heavy atom. The molecular formula is C30H51NO7. The number of nitrogens with one attached hydrogen (secondary N) is 1. The zero-order valence-electron chi connectivity index (χ0n) is 24.6. The molecular weight excluding hydrogens is 486 g/mol. The van der Waals surface area contributed by atoms with E-state index in [1.54, 1.807) is 20.8 Å². The highest BCUT2D eigenvalue weighted by atomic mass is 17.2. The molecule has 0 aromatic heterocycles. The molecule has 0 spiro atoms. The van der Waals surface area contributed by atoms with Gasteiger partial charge in [-0.2, -0.15) is 0 Å². The van der Waals surface area contributed by atoms with E-state index in [-0.39, 0.29) is 30.0 Å². The lowest BCUT2D eigenvalue weighted by Crippen LogP contribution is -2.68. The van der Waals surface area contributed by atoms with Gasteiger partial charge < -0.3 is 30.5 Å². The summed E-state index contributed by atoms with van der Waals surface area (Å²) >= 11 is 0. The quantitative estimate of drug-likeness (QED) is 0.248.